The van der Waals surface area contributed by atoms with E-state index < -0.39 is 11.9 Å². The molecule has 7 nitrogen and oxygen atoms in total. The van der Waals surface area contributed by atoms with Crippen LogP contribution >= 0.6 is 0 Å². The van der Waals surface area contributed by atoms with Gasteiger partial charge in [0.05, 0.1) is 39.6 Å². The molecule has 0 bridgehead atoms. The quantitative estimate of drug-likeness (QED) is 0.798. The Morgan fingerprint density at radius 3 is 2.15 bits per heavy atom. The van der Waals surface area contributed by atoms with Gasteiger partial charge in [0.1, 0.15) is 0 Å². The molecule has 138 valence electrons. The number of rotatable bonds is 6. The molecule has 0 unspecified atom stereocenters. The number of nitrogens with one attached hydrogen (secondary N) is 1. The van der Waals surface area contributed by atoms with Crippen LogP contribution in [0.4, 0.5) is 5.69 Å². The van der Waals surface area contributed by atoms with Gasteiger partial charge in [0.2, 0.25) is 5.75 Å². The van der Waals surface area contributed by atoms with Crippen LogP contribution in [0.1, 0.15) is 26.3 Å². The summed E-state index contributed by atoms with van der Waals surface area (Å²) in [4.78, 5) is 24.5. The largest absolute Gasteiger partial charge is 0.493 e. The second-order valence-electron chi connectivity index (χ2n) is 5.36. The Kier molecular flexibility index (Phi) is 6.06. The van der Waals surface area contributed by atoms with Crippen molar-refractivity contribution in [2.24, 2.45) is 0 Å². The molecule has 0 aliphatic rings. The standard InChI is InChI=1S/C19H21NO6/c1-11-6-7-12(19(22)26-5)10-14(11)20-18(21)13-8-9-15(23-2)17(25-4)16(13)24-3/h6-10H,1-5H3,(H,20,21). The van der Waals surface area contributed by atoms with Gasteiger partial charge >= 0.3 is 5.97 Å². The van der Waals surface area contributed by atoms with Gasteiger partial charge in [-0.2, -0.15) is 0 Å². The van der Waals surface area contributed by atoms with Crippen molar-refractivity contribution in [2.75, 3.05) is 33.8 Å². The van der Waals surface area contributed by atoms with Gasteiger partial charge in [0.25, 0.3) is 5.91 Å². The smallest absolute Gasteiger partial charge is 0.337 e. The summed E-state index contributed by atoms with van der Waals surface area (Å²) in [5.41, 5.74) is 1.90. The third-order valence-corrected chi connectivity index (χ3v) is 3.86. The van der Waals surface area contributed by atoms with E-state index in [1.165, 1.54) is 28.4 Å². The van der Waals surface area contributed by atoms with Crippen LogP contribution in [0.5, 0.6) is 17.2 Å². The van der Waals surface area contributed by atoms with Crippen LogP contribution in [0.2, 0.25) is 0 Å². The number of carbonyl (C=O) groups excluding carboxylic acids is 2. The fraction of sp³-hybridized carbons (Fsp3) is 0.263. The highest BCUT2D eigenvalue weighted by molar-refractivity contribution is 6.07. The molecule has 0 radical (unpaired) electrons. The van der Waals surface area contributed by atoms with Gasteiger partial charge in [-0.15, -0.1) is 0 Å². The normalized spacial score (nSPS) is 10.0. The van der Waals surface area contributed by atoms with Crippen molar-refractivity contribution in [3.63, 3.8) is 0 Å². The molecule has 2 aromatic carbocycles. The maximum atomic E-state index is 12.8. The van der Waals surface area contributed by atoms with E-state index in [2.05, 4.69) is 5.32 Å². The lowest BCUT2D eigenvalue weighted by Crippen LogP contribution is -2.15. The molecule has 0 aliphatic carbocycles. The highest BCUT2D eigenvalue weighted by Crippen LogP contribution is 2.40. The number of esters is 1. The van der Waals surface area contributed by atoms with Crippen LogP contribution in [0.15, 0.2) is 30.3 Å². The minimum atomic E-state index is -0.482. The lowest BCUT2D eigenvalue weighted by molar-refractivity contribution is 0.0600. The number of benzene rings is 2. The fourth-order valence-electron chi connectivity index (χ4n) is 2.47. The second-order valence-corrected chi connectivity index (χ2v) is 5.36. The molecule has 2 rings (SSSR count). The van der Waals surface area contributed by atoms with Gasteiger partial charge in [0.15, 0.2) is 11.5 Å². The Morgan fingerprint density at radius 1 is 0.885 bits per heavy atom. The lowest BCUT2D eigenvalue weighted by atomic mass is 10.1. The minimum Gasteiger partial charge on any atom is -0.493 e. The Hall–Kier alpha value is -3.22. The highest BCUT2D eigenvalue weighted by Gasteiger charge is 2.21. The number of amides is 1. The Morgan fingerprint density at radius 2 is 1.58 bits per heavy atom. The zero-order valence-electron chi connectivity index (χ0n) is 15.3. The van der Waals surface area contributed by atoms with Crippen LogP contribution in [-0.4, -0.2) is 40.3 Å². The van der Waals surface area contributed by atoms with Gasteiger partial charge in [-0.25, -0.2) is 4.79 Å². The highest BCUT2D eigenvalue weighted by atomic mass is 16.5. The summed E-state index contributed by atoms with van der Waals surface area (Å²) in [6.45, 7) is 1.82. The summed E-state index contributed by atoms with van der Waals surface area (Å²) >= 11 is 0. The number of methoxy groups -OCH3 is 4. The summed E-state index contributed by atoms with van der Waals surface area (Å²) in [6.07, 6.45) is 0. The second kappa shape index (κ2) is 8.24. The molecule has 0 aromatic heterocycles. The van der Waals surface area contributed by atoms with E-state index in [0.29, 0.717) is 22.7 Å². The van der Waals surface area contributed by atoms with Crippen molar-refractivity contribution in [3.05, 3.63) is 47.0 Å². The monoisotopic (exact) mass is 359 g/mol. The number of aryl methyl sites for hydroxylation is 1. The van der Waals surface area contributed by atoms with Gasteiger partial charge in [-0.3, -0.25) is 4.79 Å². The van der Waals surface area contributed by atoms with E-state index in [4.69, 9.17) is 18.9 Å². The van der Waals surface area contributed by atoms with Crippen LogP contribution in [0.3, 0.4) is 0 Å². The van der Waals surface area contributed by atoms with Gasteiger partial charge in [-0.05, 0) is 36.8 Å². The topological polar surface area (TPSA) is 83.1 Å². The van der Waals surface area contributed by atoms with Crippen molar-refractivity contribution in [1.29, 1.82) is 0 Å². The SMILES string of the molecule is COC(=O)c1ccc(C)c(NC(=O)c2ccc(OC)c(OC)c2OC)c1. The molecule has 1 amide bonds. The third kappa shape index (κ3) is 3.72. The van der Waals surface area contributed by atoms with Crippen molar-refractivity contribution >= 4 is 17.6 Å². The van der Waals surface area contributed by atoms with E-state index in [1.54, 1.807) is 30.3 Å². The lowest BCUT2D eigenvalue weighted by Gasteiger charge is -2.16. The fourth-order valence-corrected chi connectivity index (χ4v) is 2.47. The molecule has 0 aliphatic heterocycles. The van der Waals surface area contributed by atoms with E-state index in [9.17, 15) is 9.59 Å². The predicted octanol–water partition coefficient (Wildman–Crippen LogP) is 3.06. The van der Waals surface area contributed by atoms with Crippen molar-refractivity contribution in [1.82, 2.24) is 0 Å². The summed E-state index contributed by atoms with van der Waals surface area (Å²) in [5, 5.41) is 2.79. The maximum absolute atomic E-state index is 12.8. The third-order valence-electron chi connectivity index (χ3n) is 3.86. The van der Waals surface area contributed by atoms with E-state index in [1.807, 2.05) is 6.92 Å². The molecule has 1 N–H and O–H groups in total. The Balaban J connectivity index is 2.41. The van der Waals surface area contributed by atoms with Crippen molar-refractivity contribution < 1.29 is 28.5 Å². The molecule has 26 heavy (non-hydrogen) atoms. The number of anilines is 1. The minimum absolute atomic E-state index is 0.256. The molecule has 0 heterocycles. The maximum Gasteiger partial charge on any atom is 0.337 e. The number of ether oxygens (including phenoxy) is 4. The zero-order valence-corrected chi connectivity index (χ0v) is 15.3. The van der Waals surface area contributed by atoms with Crippen molar-refractivity contribution in [2.45, 2.75) is 6.92 Å². The molecule has 0 fully saturated rings. The summed E-state index contributed by atoms with van der Waals surface area (Å²) in [5.74, 6) is 0.135. The predicted molar refractivity (Wildman–Crippen MR) is 96.6 cm³/mol. The molecule has 0 saturated carbocycles. The van der Waals surface area contributed by atoms with Gasteiger partial charge in [0, 0.05) is 5.69 Å². The van der Waals surface area contributed by atoms with Gasteiger partial charge < -0.3 is 24.3 Å². The van der Waals surface area contributed by atoms with Crippen LogP contribution < -0.4 is 19.5 Å². The number of hydrogen-bond donors (Lipinski definition) is 1. The summed E-state index contributed by atoms with van der Waals surface area (Å²) in [7, 11) is 5.71. The molecular weight excluding hydrogens is 338 g/mol. The molecule has 0 saturated heterocycles. The molecule has 7 heteroatoms. The van der Waals surface area contributed by atoms with Crippen molar-refractivity contribution in [3.8, 4) is 17.2 Å². The first-order valence-corrected chi connectivity index (χ1v) is 7.76. The molecule has 2 aromatic rings. The zero-order chi connectivity index (χ0) is 19.3. The summed E-state index contributed by atoms with van der Waals surface area (Å²) < 4.78 is 20.6. The first-order valence-electron chi connectivity index (χ1n) is 7.76. The van der Waals surface area contributed by atoms with Crippen LogP contribution in [-0.2, 0) is 4.74 Å². The van der Waals surface area contributed by atoms with Crippen LogP contribution in [0.25, 0.3) is 0 Å². The molecule has 0 spiro atoms. The molecular formula is C19H21NO6. The number of carbonyl (C=O) groups is 2. The average Bonchev–Trinajstić information content (AvgIpc) is 2.67. The first-order chi connectivity index (χ1) is 12.5. The van der Waals surface area contributed by atoms with E-state index in [-0.39, 0.29) is 11.3 Å². The molecule has 0 atom stereocenters. The number of hydrogen-bond acceptors (Lipinski definition) is 6. The average molecular weight is 359 g/mol. The summed E-state index contributed by atoms with van der Waals surface area (Å²) in [6, 6.07) is 8.12. The Bertz CT molecular complexity index is 831. The van der Waals surface area contributed by atoms with E-state index >= 15 is 0 Å². The van der Waals surface area contributed by atoms with Crippen LogP contribution in [0, 0.1) is 6.92 Å². The Labute approximate surface area is 151 Å². The first kappa shape index (κ1) is 19.1. The van der Waals surface area contributed by atoms with E-state index in [0.717, 1.165) is 5.56 Å². The van der Waals surface area contributed by atoms with Gasteiger partial charge in [-0.1, -0.05) is 6.07 Å².